The van der Waals surface area contributed by atoms with Crippen molar-refractivity contribution in [2.75, 3.05) is 16.9 Å². The van der Waals surface area contributed by atoms with Gasteiger partial charge in [0.05, 0.1) is 21.7 Å². The first-order chi connectivity index (χ1) is 14.3. The predicted molar refractivity (Wildman–Crippen MR) is 118 cm³/mol. The maximum absolute atomic E-state index is 12.4. The number of hydrogen-bond acceptors (Lipinski definition) is 5. The van der Waals surface area contributed by atoms with Gasteiger partial charge in [-0.3, -0.25) is 14.9 Å². The van der Waals surface area contributed by atoms with Gasteiger partial charge >= 0.3 is 5.97 Å². The summed E-state index contributed by atoms with van der Waals surface area (Å²) in [6, 6.07) is 10.0. The third-order valence-corrected chi connectivity index (χ3v) is 6.06. The zero-order valence-corrected chi connectivity index (χ0v) is 18.0. The zero-order valence-electron chi connectivity index (χ0n) is 15.7. The standard InChI is InChI=1S/C20H19Cl2N3O4S/c21-13-2-1-3-14(22)17(13)19(27)24-12-6-4-11(5-7-12)8-15(20(28)29)25-18(26)16-9-30-10-23-16/h1-7,15-16,23H,8-10H2,(H,24,27)(H,25,26)(H,28,29)/t15-,16+/m0/s1. The molecule has 1 aliphatic rings. The number of anilines is 1. The minimum Gasteiger partial charge on any atom is -0.480 e. The Morgan fingerprint density at radius 2 is 1.80 bits per heavy atom. The summed E-state index contributed by atoms with van der Waals surface area (Å²) in [7, 11) is 0. The van der Waals surface area contributed by atoms with E-state index in [1.54, 1.807) is 54.2 Å². The van der Waals surface area contributed by atoms with Gasteiger partial charge in [-0.1, -0.05) is 41.4 Å². The Morgan fingerprint density at radius 3 is 2.37 bits per heavy atom. The SMILES string of the molecule is O=C(Nc1ccc(C[C@H](NC(=O)[C@H]2CSCN2)C(=O)O)cc1)c1c(Cl)cccc1Cl. The number of halogens is 2. The first-order valence-electron chi connectivity index (χ1n) is 9.03. The van der Waals surface area contributed by atoms with E-state index in [2.05, 4.69) is 16.0 Å². The third kappa shape index (κ3) is 5.66. The molecule has 3 rings (SSSR count). The molecule has 2 aromatic carbocycles. The second kappa shape index (κ2) is 10.2. The van der Waals surface area contributed by atoms with Gasteiger partial charge < -0.3 is 15.7 Å². The highest BCUT2D eigenvalue weighted by Gasteiger charge is 2.27. The van der Waals surface area contributed by atoms with Crippen molar-refractivity contribution < 1.29 is 19.5 Å². The van der Waals surface area contributed by atoms with E-state index in [1.165, 1.54) is 0 Å². The van der Waals surface area contributed by atoms with Crippen molar-refractivity contribution in [1.29, 1.82) is 0 Å². The van der Waals surface area contributed by atoms with Gasteiger partial charge in [-0.2, -0.15) is 0 Å². The summed E-state index contributed by atoms with van der Waals surface area (Å²) < 4.78 is 0. The fourth-order valence-corrected chi connectivity index (χ4v) is 4.42. The van der Waals surface area contributed by atoms with Gasteiger partial charge in [-0.25, -0.2) is 4.79 Å². The largest absolute Gasteiger partial charge is 0.480 e. The molecular weight excluding hydrogens is 449 g/mol. The summed E-state index contributed by atoms with van der Waals surface area (Å²) in [6.45, 7) is 0. The van der Waals surface area contributed by atoms with E-state index in [-0.39, 0.29) is 34.0 Å². The van der Waals surface area contributed by atoms with Gasteiger partial charge in [-0.05, 0) is 29.8 Å². The molecule has 0 aromatic heterocycles. The Hall–Kier alpha value is -2.26. The number of hydrogen-bond donors (Lipinski definition) is 4. The molecule has 0 radical (unpaired) electrons. The first-order valence-corrected chi connectivity index (χ1v) is 10.9. The Balaban J connectivity index is 1.63. The summed E-state index contributed by atoms with van der Waals surface area (Å²) in [5.74, 6) is -0.603. The van der Waals surface area contributed by atoms with Crippen molar-refractivity contribution in [3.8, 4) is 0 Å². The average molecular weight is 468 g/mol. The molecule has 0 bridgehead atoms. The van der Waals surface area contributed by atoms with Crippen molar-refractivity contribution in [2.24, 2.45) is 0 Å². The van der Waals surface area contributed by atoms with Crippen LogP contribution in [0.4, 0.5) is 5.69 Å². The molecule has 0 aliphatic carbocycles. The van der Waals surface area contributed by atoms with Gasteiger partial charge in [0.1, 0.15) is 6.04 Å². The molecule has 10 heteroatoms. The van der Waals surface area contributed by atoms with Crippen molar-refractivity contribution in [3.05, 3.63) is 63.6 Å². The molecule has 7 nitrogen and oxygen atoms in total. The van der Waals surface area contributed by atoms with Crippen molar-refractivity contribution in [2.45, 2.75) is 18.5 Å². The van der Waals surface area contributed by atoms with Crippen LogP contribution in [0.25, 0.3) is 0 Å². The second-order valence-electron chi connectivity index (χ2n) is 6.62. The fourth-order valence-electron chi connectivity index (χ4n) is 2.90. The number of carboxylic acid groups (broad SMARTS) is 1. The topological polar surface area (TPSA) is 108 Å². The van der Waals surface area contributed by atoms with Crippen LogP contribution < -0.4 is 16.0 Å². The number of benzene rings is 2. The van der Waals surface area contributed by atoms with Crippen LogP contribution in [0.5, 0.6) is 0 Å². The highest BCUT2D eigenvalue weighted by atomic mass is 35.5. The minimum absolute atomic E-state index is 0.117. The average Bonchev–Trinajstić information content (AvgIpc) is 3.23. The van der Waals surface area contributed by atoms with Crippen LogP contribution in [0, 0.1) is 0 Å². The number of aliphatic carboxylic acids is 1. The molecule has 30 heavy (non-hydrogen) atoms. The van der Waals surface area contributed by atoms with Crippen LogP contribution in [0.15, 0.2) is 42.5 Å². The van der Waals surface area contributed by atoms with Gasteiger partial charge in [0, 0.05) is 23.7 Å². The molecule has 0 saturated carbocycles. The van der Waals surface area contributed by atoms with E-state index in [0.717, 1.165) is 0 Å². The van der Waals surface area contributed by atoms with Crippen LogP contribution in [-0.2, 0) is 16.0 Å². The normalized spacial score (nSPS) is 16.7. The Morgan fingerprint density at radius 1 is 1.13 bits per heavy atom. The second-order valence-corrected chi connectivity index (χ2v) is 8.47. The van der Waals surface area contributed by atoms with Crippen LogP contribution in [0.2, 0.25) is 10.0 Å². The number of carbonyl (C=O) groups is 3. The van der Waals surface area contributed by atoms with Gasteiger partial charge in [-0.15, -0.1) is 11.8 Å². The number of carbonyl (C=O) groups excluding carboxylic acids is 2. The highest BCUT2D eigenvalue weighted by molar-refractivity contribution is 7.99. The number of nitrogens with one attached hydrogen (secondary N) is 3. The molecule has 2 atom stereocenters. The summed E-state index contributed by atoms with van der Waals surface area (Å²) in [6.07, 6.45) is 0.117. The van der Waals surface area contributed by atoms with Crippen molar-refractivity contribution in [3.63, 3.8) is 0 Å². The molecule has 158 valence electrons. The molecule has 1 fully saturated rings. The summed E-state index contributed by atoms with van der Waals surface area (Å²) in [5, 5.41) is 18.2. The van der Waals surface area contributed by atoms with E-state index in [9.17, 15) is 19.5 Å². The number of carboxylic acids is 1. The molecule has 2 amide bonds. The minimum atomic E-state index is -1.11. The van der Waals surface area contributed by atoms with E-state index >= 15 is 0 Å². The lowest BCUT2D eigenvalue weighted by Crippen LogP contribution is -2.50. The maximum Gasteiger partial charge on any atom is 0.326 e. The highest BCUT2D eigenvalue weighted by Crippen LogP contribution is 2.25. The summed E-state index contributed by atoms with van der Waals surface area (Å²) in [5.41, 5.74) is 1.38. The Labute approximate surface area is 187 Å². The Bertz CT molecular complexity index is 929. The molecule has 0 unspecified atom stereocenters. The smallest absolute Gasteiger partial charge is 0.326 e. The lowest BCUT2D eigenvalue weighted by Gasteiger charge is -2.17. The summed E-state index contributed by atoms with van der Waals surface area (Å²) >= 11 is 13.7. The monoisotopic (exact) mass is 467 g/mol. The first kappa shape index (κ1) is 22.4. The van der Waals surface area contributed by atoms with Crippen LogP contribution in [0.3, 0.4) is 0 Å². The number of amides is 2. The lowest BCUT2D eigenvalue weighted by molar-refractivity contribution is -0.142. The molecule has 1 aliphatic heterocycles. The number of thioether (sulfide) groups is 1. The lowest BCUT2D eigenvalue weighted by atomic mass is 10.0. The molecule has 1 saturated heterocycles. The van der Waals surface area contributed by atoms with Crippen LogP contribution in [0.1, 0.15) is 15.9 Å². The van der Waals surface area contributed by atoms with E-state index in [1.807, 2.05) is 0 Å². The van der Waals surface area contributed by atoms with Crippen molar-refractivity contribution in [1.82, 2.24) is 10.6 Å². The molecule has 4 N–H and O–H groups in total. The quantitative estimate of drug-likeness (QED) is 0.498. The molecule has 2 aromatic rings. The van der Waals surface area contributed by atoms with E-state index in [0.29, 0.717) is 22.9 Å². The van der Waals surface area contributed by atoms with Crippen LogP contribution in [-0.4, -0.2) is 46.6 Å². The van der Waals surface area contributed by atoms with Crippen molar-refractivity contribution >= 4 is 58.4 Å². The zero-order chi connectivity index (χ0) is 21.7. The van der Waals surface area contributed by atoms with Crippen LogP contribution >= 0.6 is 35.0 Å². The fraction of sp³-hybridized carbons (Fsp3) is 0.250. The molecule has 1 heterocycles. The number of rotatable bonds is 7. The van der Waals surface area contributed by atoms with Gasteiger partial charge in [0.2, 0.25) is 5.91 Å². The molecular formula is C20H19Cl2N3O4S. The van der Waals surface area contributed by atoms with E-state index < -0.39 is 17.9 Å². The van der Waals surface area contributed by atoms with E-state index in [4.69, 9.17) is 23.2 Å². The van der Waals surface area contributed by atoms with Gasteiger partial charge in [0.15, 0.2) is 0 Å². The molecule has 0 spiro atoms. The third-order valence-electron chi connectivity index (χ3n) is 4.49. The van der Waals surface area contributed by atoms with Gasteiger partial charge in [0.25, 0.3) is 5.91 Å². The Kier molecular flexibility index (Phi) is 7.60. The summed E-state index contributed by atoms with van der Waals surface area (Å²) in [4.78, 5) is 36.2. The predicted octanol–water partition coefficient (Wildman–Crippen LogP) is 3.02. The maximum atomic E-state index is 12.4.